The second-order valence-corrected chi connectivity index (χ2v) is 6.33. The van der Waals surface area contributed by atoms with E-state index in [-0.39, 0.29) is 5.91 Å². The zero-order valence-electron chi connectivity index (χ0n) is 14.8. The fourth-order valence-corrected chi connectivity index (χ4v) is 2.88. The van der Waals surface area contributed by atoms with Crippen molar-refractivity contribution in [3.8, 4) is 5.75 Å². The fourth-order valence-electron chi connectivity index (χ4n) is 2.88. The normalized spacial score (nSPS) is 11.0. The number of fused-ring (bicyclic) bond motifs is 1. The third kappa shape index (κ3) is 3.82. The standard InChI is InChI=1S/C20H23N3O2/c1-14(2)23-13-22-17-10-15(8-9-18(17)23)12-21-20(24)11-16-6-4-5-7-19(16)25-3/h4-10,13-14H,11-12H2,1-3H3,(H,21,24). The van der Waals surface area contributed by atoms with Crippen molar-refractivity contribution < 1.29 is 9.53 Å². The number of nitrogens with one attached hydrogen (secondary N) is 1. The van der Waals surface area contributed by atoms with Crippen LogP contribution >= 0.6 is 0 Å². The Hall–Kier alpha value is -2.82. The van der Waals surface area contributed by atoms with Crippen LogP contribution in [0.4, 0.5) is 0 Å². The molecule has 1 amide bonds. The van der Waals surface area contributed by atoms with Gasteiger partial charge < -0.3 is 14.6 Å². The summed E-state index contributed by atoms with van der Waals surface area (Å²) in [4.78, 5) is 16.7. The van der Waals surface area contributed by atoms with Crippen molar-refractivity contribution in [1.29, 1.82) is 0 Å². The fraction of sp³-hybridized carbons (Fsp3) is 0.300. The lowest BCUT2D eigenvalue weighted by Gasteiger charge is -2.10. The van der Waals surface area contributed by atoms with Crippen molar-refractivity contribution in [2.24, 2.45) is 0 Å². The second kappa shape index (κ2) is 7.38. The van der Waals surface area contributed by atoms with Crippen molar-refractivity contribution in [2.45, 2.75) is 32.9 Å². The highest BCUT2D eigenvalue weighted by Gasteiger charge is 2.09. The summed E-state index contributed by atoms with van der Waals surface area (Å²) in [6.45, 7) is 4.75. The number of carbonyl (C=O) groups is 1. The molecule has 3 aromatic rings. The Morgan fingerprint density at radius 2 is 2.04 bits per heavy atom. The van der Waals surface area contributed by atoms with Gasteiger partial charge in [-0.15, -0.1) is 0 Å². The average Bonchev–Trinajstić information content (AvgIpc) is 3.04. The van der Waals surface area contributed by atoms with Gasteiger partial charge >= 0.3 is 0 Å². The molecule has 0 spiro atoms. The predicted molar refractivity (Wildman–Crippen MR) is 98.7 cm³/mol. The first-order valence-electron chi connectivity index (χ1n) is 8.42. The minimum atomic E-state index is -0.0303. The quantitative estimate of drug-likeness (QED) is 0.749. The van der Waals surface area contributed by atoms with E-state index in [1.165, 1.54) is 0 Å². The smallest absolute Gasteiger partial charge is 0.224 e. The lowest BCUT2D eigenvalue weighted by atomic mass is 10.1. The van der Waals surface area contributed by atoms with E-state index in [4.69, 9.17) is 4.74 Å². The maximum Gasteiger partial charge on any atom is 0.224 e. The first kappa shape index (κ1) is 17.0. The molecule has 0 aliphatic carbocycles. The molecule has 3 rings (SSSR count). The molecule has 0 unspecified atom stereocenters. The zero-order chi connectivity index (χ0) is 17.8. The van der Waals surface area contributed by atoms with Gasteiger partial charge in [-0.2, -0.15) is 0 Å². The number of imidazole rings is 1. The topological polar surface area (TPSA) is 56.1 Å². The van der Waals surface area contributed by atoms with Crippen LogP contribution in [-0.4, -0.2) is 22.6 Å². The average molecular weight is 337 g/mol. The molecule has 0 saturated carbocycles. The van der Waals surface area contributed by atoms with Crippen molar-refractivity contribution in [1.82, 2.24) is 14.9 Å². The molecular weight excluding hydrogens is 314 g/mol. The third-order valence-corrected chi connectivity index (χ3v) is 4.23. The van der Waals surface area contributed by atoms with Gasteiger partial charge in [0.05, 0.1) is 30.9 Å². The molecule has 0 atom stereocenters. The van der Waals surface area contributed by atoms with Crippen LogP contribution in [0.3, 0.4) is 0 Å². The first-order valence-corrected chi connectivity index (χ1v) is 8.42. The summed E-state index contributed by atoms with van der Waals surface area (Å²) in [5, 5.41) is 2.96. The first-order chi connectivity index (χ1) is 12.1. The minimum Gasteiger partial charge on any atom is -0.496 e. The van der Waals surface area contributed by atoms with Crippen LogP contribution in [0.15, 0.2) is 48.8 Å². The number of para-hydroxylation sites is 1. The lowest BCUT2D eigenvalue weighted by Crippen LogP contribution is -2.24. The predicted octanol–water partition coefficient (Wildman–Crippen LogP) is 3.48. The van der Waals surface area contributed by atoms with E-state index in [9.17, 15) is 4.79 Å². The number of aromatic nitrogens is 2. The van der Waals surface area contributed by atoms with Gasteiger partial charge in [-0.05, 0) is 37.6 Å². The largest absolute Gasteiger partial charge is 0.496 e. The van der Waals surface area contributed by atoms with E-state index in [1.54, 1.807) is 7.11 Å². The number of hydrogen-bond acceptors (Lipinski definition) is 3. The van der Waals surface area contributed by atoms with E-state index in [2.05, 4.69) is 34.8 Å². The summed E-state index contributed by atoms with van der Waals surface area (Å²) >= 11 is 0. The summed E-state index contributed by atoms with van der Waals surface area (Å²) in [5.74, 6) is 0.704. The molecule has 0 bridgehead atoms. The molecule has 5 nitrogen and oxygen atoms in total. The number of ether oxygens (including phenoxy) is 1. The summed E-state index contributed by atoms with van der Waals surface area (Å²) in [5.41, 5.74) is 3.98. The Morgan fingerprint density at radius 3 is 2.80 bits per heavy atom. The Kier molecular flexibility index (Phi) is 5.03. The monoisotopic (exact) mass is 337 g/mol. The van der Waals surface area contributed by atoms with E-state index in [0.717, 1.165) is 27.9 Å². The molecule has 130 valence electrons. The van der Waals surface area contributed by atoms with Crippen LogP contribution in [0.2, 0.25) is 0 Å². The molecule has 0 saturated heterocycles. The molecular formula is C20H23N3O2. The molecule has 1 aromatic heterocycles. The highest BCUT2D eigenvalue weighted by molar-refractivity contribution is 5.80. The zero-order valence-corrected chi connectivity index (χ0v) is 14.8. The third-order valence-electron chi connectivity index (χ3n) is 4.23. The Bertz CT molecular complexity index is 884. The van der Waals surface area contributed by atoms with Crippen molar-refractivity contribution in [2.75, 3.05) is 7.11 Å². The van der Waals surface area contributed by atoms with Crippen LogP contribution in [0.25, 0.3) is 11.0 Å². The Balaban J connectivity index is 1.65. The highest BCUT2D eigenvalue weighted by Crippen LogP contribution is 2.19. The second-order valence-electron chi connectivity index (χ2n) is 6.33. The number of carbonyl (C=O) groups excluding carboxylic acids is 1. The SMILES string of the molecule is COc1ccccc1CC(=O)NCc1ccc2c(c1)ncn2C(C)C. The van der Waals surface area contributed by atoms with E-state index < -0.39 is 0 Å². The number of hydrogen-bond donors (Lipinski definition) is 1. The van der Waals surface area contributed by atoms with Gasteiger partial charge in [0, 0.05) is 18.2 Å². The van der Waals surface area contributed by atoms with Crippen molar-refractivity contribution >= 4 is 16.9 Å². The minimum absolute atomic E-state index is 0.0303. The van der Waals surface area contributed by atoms with Gasteiger partial charge in [0.15, 0.2) is 0 Å². The van der Waals surface area contributed by atoms with Crippen LogP contribution in [0, 0.1) is 0 Å². The van der Waals surface area contributed by atoms with Crippen molar-refractivity contribution in [3.05, 3.63) is 59.9 Å². The number of nitrogens with zero attached hydrogens (tertiary/aromatic N) is 2. The molecule has 0 fully saturated rings. The molecule has 1 N–H and O–H groups in total. The summed E-state index contributed by atoms with van der Waals surface area (Å²) in [6.07, 6.45) is 2.16. The summed E-state index contributed by atoms with van der Waals surface area (Å²) in [7, 11) is 1.61. The number of rotatable bonds is 6. The molecule has 2 aromatic carbocycles. The maximum absolute atomic E-state index is 12.2. The highest BCUT2D eigenvalue weighted by atomic mass is 16.5. The molecule has 5 heteroatoms. The van der Waals surface area contributed by atoms with E-state index >= 15 is 0 Å². The van der Waals surface area contributed by atoms with Gasteiger partial charge in [0.2, 0.25) is 5.91 Å². The van der Waals surface area contributed by atoms with Gasteiger partial charge in [-0.1, -0.05) is 24.3 Å². The van der Waals surface area contributed by atoms with E-state index in [1.807, 2.05) is 42.7 Å². The number of benzene rings is 2. The van der Waals surface area contributed by atoms with Crippen LogP contribution in [0.5, 0.6) is 5.75 Å². The number of methoxy groups -OCH3 is 1. The van der Waals surface area contributed by atoms with Gasteiger partial charge in [-0.25, -0.2) is 4.98 Å². The van der Waals surface area contributed by atoms with Crippen molar-refractivity contribution in [3.63, 3.8) is 0 Å². The van der Waals surface area contributed by atoms with Gasteiger partial charge in [0.25, 0.3) is 0 Å². The lowest BCUT2D eigenvalue weighted by molar-refractivity contribution is -0.120. The van der Waals surface area contributed by atoms with Gasteiger partial charge in [-0.3, -0.25) is 4.79 Å². The molecule has 0 aliphatic rings. The van der Waals surface area contributed by atoms with Crippen LogP contribution < -0.4 is 10.1 Å². The molecule has 1 heterocycles. The molecule has 0 radical (unpaired) electrons. The molecule has 0 aliphatic heterocycles. The maximum atomic E-state index is 12.2. The van der Waals surface area contributed by atoms with E-state index in [0.29, 0.717) is 19.0 Å². The Labute approximate surface area is 147 Å². The van der Waals surface area contributed by atoms with Gasteiger partial charge in [0.1, 0.15) is 5.75 Å². The molecule has 25 heavy (non-hydrogen) atoms. The van der Waals surface area contributed by atoms with Crippen LogP contribution in [-0.2, 0) is 17.8 Å². The summed E-state index contributed by atoms with van der Waals surface area (Å²) in [6, 6.07) is 14.1. The Morgan fingerprint density at radius 1 is 1.24 bits per heavy atom. The van der Waals surface area contributed by atoms with Crippen LogP contribution in [0.1, 0.15) is 31.0 Å². The summed E-state index contributed by atoms with van der Waals surface area (Å²) < 4.78 is 7.43. The number of amides is 1.